The average Bonchev–Trinajstić information content (AvgIpc) is 3.53. The van der Waals surface area contributed by atoms with Crippen LogP contribution in [-0.4, -0.2) is 101 Å². The number of rotatable bonds is 15. The fourth-order valence-corrected chi connectivity index (χ4v) is 11.6. The van der Waals surface area contributed by atoms with Crippen molar-refractivity contribution in [2.24, 2.45) is 22.7 Å². The number of hydrogen-bond donors (Lipinski definition) is 3. The fraction of sp³-hybridized carbons (Fsp3) is 0.600. The van der Waals surface area contributed by atoms with Crippen molar-refractivity contribution in [3.63, 3.8) is 0 Å². The normalized spacial score (nSPS) is 26.9. The molecular formula is C45H61N5O7S3. The van der Waals surface area contributed by atoms with Crippen LogP contribution >= 0.6 is 33.8 Å². The molecule has 4 aliphatic heterocycles. The third-order valence-corrected chi connectivity index (χ3v) is 15.7. The molecule has 4 heterocycles. The van der Waals surface area contributed by atoms with Crippen molar-refractivity contribution >= 4 is 73.8 Å². The summed E-state index contributed by atoms with van der Waals surface area (Å²) in [5, 5.41) is 9.22. The average molecular weight is 880 g/mol. The lowest BCUT2D eigenvalue weighted by molar-refractivity contribution is -0.149. The highest BCUT2D eigenvalue weighted by atomic mass is 33.1. The number of nitrogens with one attached hydrogen (secondary N) is 3. The SMILES string of the molecule is CC[C@@H](C)C(=O)N[C@H]1CCO[C@H]2CC(C)(C)C(C(=O)Nc3ccccc3SSc3ccccc3CC(=O)C3N4C(=O)[C@@H](CC(=S)[C@H](C)NC)CCO[C@H]4CC3(C)C)N2C1=O. The monoisotopic (exact) mass is 879 g/mol. The third kappa shape index (κ3) is 9.97. The molecular weight excluding hydrogens is 819 g/mol. The Morgan fingerprint density at radius 1 is 0.850 bits per heavy atom. The molecule has 0 spiro atoms. The molecule has 60 heavy (non-hydrogen) atoms. The van der Waals surface area contributed by atoms with Crippen molar-refractivity contribution in [3.8, 4) is 0 Å². The second-order valence-electron chi connectivity index (χ2n) is 18.1. The molecule has 326 valence electrons. The van der Waals surface area contributed by atoms with Crippen molar-refractivity contribution in [2.45, 2.75) is 140 Å². The first-order chi connectivity index (χ1) is 28.5. The van der Waals surface area contributed by atoms with Gasteiger partial charge in [-0.25, -0.2) is 0 Å². The van der Waals surface area contributed by atoms with Gasteiger partial charge in [0.1, 0.15) is 24.5 Å². The zero-order chi connectivity index (χ0) is 43.5. The number of fused-ring (bicyclic) bond motifs is 2. The van der Waals surface area contributed by atoms with Gasteiger partial charge in [-0.1, -0.05) is 106 Å². The number of amides is 4. The number of carbonyl (C=O) groups excluding carboxylic acids is 5. The van der Waals surface area contributed by atoms with Gasteiger partial charge in [0.25, 0.3) is 0 Å². The van der Waals surface area contributed by atoms with Gasteiger partial charge < -0.3 is 35.2 Å². The minimum absolute atomic E-state index is 0.00789. The molecule has 6 rings (SSSR count). The van der Waals surface area contributed by atoms with E-state index in [2.05, 4.69) is 16.0 Å². The molecule has 0 bridgehead atoms. The minimum Gasteiger partial charge on any atom is -0.358 e. The van der Waals surface area contributed by atoms with E-state index in [1.807, 2.05) is 104 Å². The van der Waals surface area contributed by atoms with E-state index in [-0.39, 0.29) is 53.7 Å². The summed E-state index contributed by atoms with van der Waals surface area (Å²) in [6.07, 6.45) is 2.15. The van der Waals surface area contributed by atoms with Crippen molar-refractivity contribution < 1.29 is 33.4 Å². The highest BCUT2D eigenvalue weighted by molar-refractivity contribution is 8.76. The molecule has 15 heteroatoms. The minimum atomic E-state index is -0.835. The number of anilines is 1. The molecule has 2 aromatic carbocycles. The lowest BCUT2D eigenvalue weighted by atomic mass is 9.80. The number of ketones is 1. The summed E-state index contributed by atoms with van der Waals surface area (Å²) >= 11 is 5.68. The number of ether oxygens (including phenoxy) is 2. The van der Waals surface area contributed by atoms with Crippen molar-refractivity contribution in [2.75, 3.05) is 25.6 Å². The number of hydrogen-bond acceptors (Lipinski definition) is 11. The number of para-hydroxylation sites is 1. The van der Waals surface area contributed by atoms with Crippen LogP contribution in [0.5, 0.6) is 0 Å². The van der Waals surface area contributed by atoms with Gasteiger partial charge in [0, 0.05) is 52.0 Å². The van der Waals surface area contributed by atoms with Crippen LogP contribution in [0.4, 0.5) is 5.69 Å². The molecule has 8 atom stereocenters. The van der Waals surface area contributed by atoms with Gasteiger partial charge in [-0.3, -0.25) is 24.0 Å². The molecule has 4 aliphatic rings. The molecule has 3 N–H and O–H groups in total. The Balaban J connectivity index is 1.16. The highest BCUT2D eigenvalue weighted by Crippen LogP contribution is 2.47. The van der Waals surface area contributed by atoms with Crippen molar-refractivity contribution in [1.82, 2.24) is 20.4 Å². The second kappa shape index (κ2) is 19.4. The smallest absolute Gasteiger partial charge is 0.247 e. The molecule has 0 aliphatic carbocycles. The largest absolute Gasteiger partial charge is 0.358 e. The van der Waals surface area contributed by atoms with E-state index in [1.54, 1.807) is 9.80 Å². The first-order valence-corrected chi connectivity index (χ1v) is 23.8. The molecule has 2 aromatic rings. The zero-order valence-electron chi connectivity index (χ0n) is 36.1. The Morgan fingerprint density at radius 3 is 2.10 bits per heavy atom. The Hall–Kier alpha value is -3.34. The van der Waals surface area contributed by atoms with E-state index in [1.165, 1.54) is 21.6 Å². The van der Waals surface area contributed by atoms with Crippen LogP contribution in [0.25, 0.3) is 0 Å². The predicted octanol–water partition coefficient (Wildman–Crippen LogP) is 6.80. The summed E-state index contributed by atoms with van der Waals surface area (Å²) in [7, 11) is 4.81. The van der Waals surface area contributed by atoms with Gasteiger partial charge in [0.05, 0.1) is 18.3 Å². The van der Waals surface area contributed by atoms with Gasteiger partial charge in [-0.2, -0.15) is 0 Å². The van der Waals surface area contributed by atoms with Crippen LogP contribution in [0.1, 0.15) is 92.6 Å². The van der Waals surface area contributed by atoms with E-state index in [4.69, 9.17) is 21.7 Å². The van der Waals surface area contributed by atoms with Gasteiger partial charge in [0.2, 0.25) is 23.6 Å². The van der Waals surface area contributed by atoms with Crippen LogP contribution in [0.15, 0.2) is 58.3 Å². The summed E-state index contributed by atoms with van der Waals surface area (Å²) in [6.45, 7) is 14.5. The van der Waals surface area contributed by atoms with E-state index in [0.717, 1.165) is 20.2 Å². The maximum absolute atomic E-state index is 14.5. The fourth-order valence-electron chi connectivity index (χ4n) is 8.95. The molecule has 0 radical (unpaired) electrons. The molecule has 0 aromatic heterocycles. The van der Waals surface area contributed by atoms with Crippen LogP contribution in [0.3, 0.4) is 0 Å². The lowest BCUT2D eigenvalue weighted by Crippen LogP contribution is -2.56. The highest BCUT2D eigenvalue weighted by Gasteiger charge is 2.56. The summed E-state index contributed by atoms with van der Waals surface area (Å²) in [5.41, 5.74) is 0.338. The van der Waals surface area contributed by atoms with Gasteiger partial charge in [0.15, 0.2) is 5.78 Å². The molecule has 4 amide bonds. The van der Waals surface area contributed by atoms with Crippen LogP contribution in [0.2, 0.25) is 0 Å². The number of Topliss-reactive ketones (excluding diaryl/α,β-unsaturated/α-hetero) is 1. The number of thiocarbonyl (C=S) groups is 1. The standard InChI is InChI=1S/C45H61N5O7S3/c1-9-26(2)40(52)48-31-19-21-57-37-25-45(6,7)39(50(37)43(31)55)41(53)47-30-15-11-13-17-35(30)60-59-34-16-12-10-14-28(34)22-32(51)38-44(4,5)24-36-49(38)42(54)29(18-20-56-36)23-33(58)27(3)46-8/h10-17,26-27,29,31,36-39,46H,9,18-25H2,1-8H3,(H,47,53)(H,48,52)/t26-,27+,29-,31+,36+,37+,38?,39?/m1/s1. The molecule has 4 fully saturated rings. The van der Waals surface area contributed by atoms with Gasteiger partial charge in [-0.05, 0) is 80.7 Å². The topological polar surface area (TPSA) is 146 Å². The van der Waals surface area contributed by atoms with Gasteiger partial charge in [-0.15, -0.1) is 0 Å². The van der Waals surface area contributed by atoms with Crippen LogP contribution in [0, 0.1) is 22.7 Å². The van der Waals surface area contributed by atoms with Crippen molar-refractivity contribution in [3.05, 3.63) is 54.1 Å². The molecule has 2 unspecified atom stereocenters. The Morgan fingerprint density at radius 2 is 1.43 bits per heavy atom. The number of carbonyl (C=O) groups is 5. The number of benzene rings is 2. The molecule has 0 saturated carbocycles. The summed E-state index contributed by atoms with van der Waals surface area (Å²) in [4.78, 5) is 75.6. The van der Waals surface area contributed by atoms with E-state index in [9.17, 15) is 24.0 Å². The summed E-state index contributed by atoms with van der Waals surface area (Å²) in [6, 6.07) is 13.0. The summed E-state index contributed by atoms with van der Waals surface area (Å²) in [5.74, 6) is -1.52. The van der Waals surface area contributed by atoms with Crippen molar-refractivity contribution in [1.29, 1.82) is 0 Å². The Kier molecular flexibility index (Phi) is 14.9. The third-order valence-electron chi connectivity index (χ3n) is 12.7. The van der Waals surface area contributed by atoms with E-state index in [0.29, 0.717) is 57.4 Å². The van der Waals surface area contributed by atoms with E-state index < -0.39 is 41.4 Å². The first kappa shape index (κ1) is 46.2. The Labute approximate surface area is 368 Å². The van der Waals surface area contributed by atoms with Gasteiger partial charge >= 0.3 is 0 Å². The number of nitrogens with zero attached hydrogens (tertiary/aromatic N) is 2. The maximum atomic E-state index is 14.5. The maximum Gasteiger partial charge on any atom is 0.247 e. The second-order valence-corrected chi connectivity index (χ2v) is 20.8. The molecule has 12 nitrogen and oxygen atoms in total. The predicted molar refractivity (Wildman–Crippen MR) is 239 cm³/mol. The van der Waals surface area contributed by atoms with Crippen LogP contribution < -0.4 is 16.0 Å². The summed E-state index contributed by atoms with van der Waals surface area (Å²) < 4.78 is 12.4. The zero-order valence-corrected chi connectivity index (χ0v) is 38.5. The van der Waals surface area contributed by atoms with E-state index >= 15 is 0 Å². The lowest BCUT2D eigenvalue weighted by Gasteiger charge is -2.34. The first-order valence-electron chi connectivity index (χ1n) is 21.2. The van der Waals surface area contributed by atoms with Crippen LogP contribution in [-0.2, 0) is 39.9 Å². The quantitative estimate of drug-likeness (QED) is 0.128. The molecule has 4 saturated heterocycles. The Bertz CT molecular complexity index is 1820.